The maximum absolute atomic E-state index is 12.5. The number of hydrogen-bond donors (Lipinski definition) is 1. The zero-order valence-electron chi connectivity index (χ0n) is 12.7. The van der Waals surface area contributed by atoms with E-state index in [4.69, 9.17) is 4.74 Å². The standard InChI is InChI=1S/C17H20N2O2S/c1-13-2-3-15(17(20)19-5-7-21-8-6-19)10-16(13)18-11-14-4-9-22-12-14/h2-4,9-10,12,18H,5-8,11H2,1H3. The van der Waals surface area contributed by atoms with Crippen molar-refractivity contribution < 1.29 is 9.53 Å². The first kappa shape index (κ1) is 15.1. The molecule has 0 atom stereocenters. The molecular formula is C17H20N2O2S. The monoisotopic (exact) mass is 316 g/mol. The second kappa shape index (κ2) is 6.94. The highest BCUT2D eigenvalue weighted by Gasteiger charge is 2.19. The van der Waals surface area contributed by atoms with Gasteiger partial charge in [0.15, 0.2) is 0 Å². The molecule has 0 spiro atoms. The predicted molar refractivity (Wildman–Crippen MR) is 89.5 cm³/mol. The van der Waals surface area contributed by atoms with E-state index in [2.05, 4.69) is 29.1 Å². The van der Waals surface area contributed by atoms with Gasteiger partial charge in [-0.25, -0.2) is 0 Å². The minimum Gasteiger partial charge on any atom is -0.381 e. The third kappa shape index (κ3) is 3.48. The number of morpholine rings is 1. The van der Waals surface area contributed by atoms with Crippen LogP contribution in [0.4, 0.5) is 5.69 Å². The molecule has 5 heteroatoms. The van der Waals surface area contributed by atoms with Gasteiger partial charge in [-0.15, -0.1) is 0 Å². The molecule has 0 saturated carbocycles. The van der Waals surface area contributed by atoms with Gasteiger partial charge in [0.05, 0.1) is 13.2 Å². The van der Waals surface area contributed by atoms with Crippen LogP contribution in [0.3, 0.4) is 0 Å². The molecule has 2 heterocycles. The fraction of sp³-hybridized carbons (Fsp3) is 0.353. The fourth-order valence-corrected chi connectivity index (χ4v) is 3.15. The molecule has 3 rings (SSSR count). The Kier molecular flexibility index (Phi) is 4.75. The van der Waals surface area contributed by atoms with Crippen LogP contribution in [0.5, 0.6) is 0 Å². The summed E-state index contributed by atoms with van der Waals surface area (Å²) in [5.41, 5.74) is 4.16. The zero-order valence-corrected chi connectivity index (χ0v) is 13.5. The number of aryl methyl sites for hydroxylation is 1. The molecule has 1 amide bonds. The number of carbonyl (C=O) groups is 1. The number of benzene rings is 1. The third-order valence-electron chi connectivity index (χ3n) is 3.85. The molecule has 0 unspecified atom stereocenters. The molecule has 1 N–H and O–H groups in total. The summed E-state index contributed by atoms with van der Waals surface area (Å²) in [7, 11) is 0. The molecule has 1 fully saturated rings. The smallest absolute Gasteiger partial charge is 0.254 e. The van der Waals surface area contributed by atoms with Gasteiger partial charge in [0, 0.05) is 30.9 Å². The van der Waals surface area contributed by atoms with Gasteiger partial charge in [0.25, 0.3) is 5.91 Å². The van der Waals surface area contributed by atoms with Crippen molar-refractivity contribution in [2.45, 2.75) is 13.5 Å². The largest absolute Gasteiger partial charge is 0.381 e. The number of carbonyl (C=O) groups excluding carboxylic acids is 1. The Morgan fingerprint density at radius 3 is 2.86 bits per heavy atom. The molecule has 22 heavy (non-hydrogen) atoms. The van der Waals surface area contributed by atoms with Crippen molar-refractivity contribution in [3.8, 4) is 0 Å². The highest BCUT2D eigenvalue weighted by atomic mass is 32.1. The van der Waals surface area contributed by atoms with E-state index in [1.807, 2.05) is 23.1 Å². The van der Waals surface area contributed by atoms with Gasteiger partial charge in [-0.1, -0.05) is 6.07 Å². The van der Waals surface area contributed by atoms with E-state index in [9.17, 15) is 4.79 Å². The molecule has 4 nitrogen and oxygen atoms in total. The summed E-state index contributed by atoms with van der Waals surface area (Å²) in [6.45, 7) is 5.43. The van der Waals surface area contributed by atoms with E-state index >= 15 is 0 Å². The lowest BCUT2D eigenvalue weighted by molar-refractivity contribution is 0.0303. The summed E-state index contributed by atoms with van der Waals surface area (Å²) in [4.78, 5) is 14.4. The first-order valence-electron chi connectivity index (χ1n) is 7.46. The highest BCUT2D eigenvalue weighted by molar-refractivity contribution is 7.07. The van der Waals surface area contributed by atoms with E-state index in [0.29, 0.717) is 26.3 Å². The third-order valence-corrected chi connectivity index (χ3v) is 4.58. The molecule has 1 aromatic carbocycles. The van der Waals surface area contributed by atoms with Crippen LogP contribution in [0, 0.1) is 6.92 Å². The van der Waals surface area contributed by atoms with E-state index in [0.717, 1.165) is 23.4 Å². The molecule has 1 aromatic heterocycles. The Balaban J connectivity index is 1.72. The molecule has 0 radical (unpaired) electrons. The van der Waals surface area contributed by atoms with E-state index in [1.165, 1.54) is 5.56 Å². The first-order valence-corrected chi connectivity index (χ1v) is 8.41. The van der Waals surface area contributed by atoms with Gasteiger partial charge in [0.2, 0.25) is 0 Å². The van der Waals surface area contributed by atoms with Crippen LogP contribution < -0.4 is 5.32 Å². The van der Waals surface area contributed by atoms with E-state index in [1.54, 1.807) is 11.3 Å². The average Bonchev–Trinajstić information content (AvgIpc) is 3.08. The second-order valence-corrected chi connectivity index (χ2v) is 6.20. The summed E-state index contributed by atoms with van der Waals surface area (Å²) in [5.74, 6) is 0.0851. The van der Waals surface area contributed by atoms with Gasteiger partial charge in [0.1, 0.15) is 0 Å². The molecule has 2 aromatic rings. The molecular weight excluding hydrogens is 296 g/mol. The SMILES string of the molecule is Cc1ccc(C(=O)N2CCOCC2)cc1NCc1ccsc1. The molecule has 1 saturated heterocycles. The highest BCUT2D eigenvalue weighted by Crippen LogP contribution is 2.20. The van der Waals surface area contributed by atoms with Crippen molar-refractivity contribution in [1.29, 1.82) is 0 Å². The van der Waals surface area contributed by atoms with Crippen LogP contribution in [0.1, 0.15) is 21.5 Å². The zero-order chi connectivity index (χ0) is 15.4. The van der Waals surface area contributed by atoms with Gasteiger partial charge in [-0.05, 0) is 47.0 Å². The summed E-state index contributed by atoms with van der Waals surface area (Å²) in [6.07, 6.45) is 0. The van der Waals surface area contributed by atoms with E-state index < -0.39 is 0 Å². The van der Waals surface area contributed by atoms with Gasteiger partial charge in [-0.2, -0.15) is 11.3 Å². The van der Waals surface area contributed by atoms with Gasteiger partial charge >= 0.3 is 0 Å². The molecule has 1 aliphatic rings. The number of amides is 1. The summed E-state index contributed by atoms with van der Waals surface area (Å²) in [5, 5.41) is 7.63. The summed E-state index contributed by atoms with van der Waals surface area (Å²) >= 11 is 1.69. The topological polar surface area (TPSA) is 41.6 Å². The lowest BCUT2D eigenvalue weighted by Crippen LogP contribution is -2.40. The minimum absolute atomic E-state index is 0.0851. The van der Waals surface area contributed by atoms with Crippen molar-refractivity contribution >= 4 is 22.9 Å². The predicted octanol–water partition coefficient (Wildman–Crippen LogP) is 3.14. The Bertz CT molecular complexity index is 634. The van der Waals surface area contributed by atoms with E-state index in [-0.39, 0.29) is 5.91 Å². The molecule has 0 aliphatic carbocycles. The number of rotatable bonds is 4. The summed E-state index contributed by atoms with van der Waals surface area (Å²) in [6, 6.07) is 7.97. The molecule has 0 bridgehead atoms. The number of nitrogens with zero attached hydrogens (tertiary/aromatic N) is 1. The Morgan fingerprint density at radius 2 is 2.14 bits per heavy atom. The van der Waals surface area contributed by atoms with Gasteiger partial charge in [-0.3, -0.25) is 4.79 Å². The van der Waals surface area contributed by atoms with Crippen molar-refractivity contribution in [2.24, 2.45) is 0 Å². The number of thiophene rings is 1. The van der Waals surface area contributed by atoms with Crippen molar-refractivity contribution in [3.63, 3.8) is 0 Å². The number of hydrogen-bond acceptors (Lipinski definition) is 4. The van der Waals surface area contributed by atoms with Crippen LogP contribution in [0.2, 0.25) is 0 Å². The lowest BCUT2D eigenvalue weighted by atomic mass is 10.1. The maximum atomic E-state index is 12.5. The van der Waals surface area contributed by atoms with Crippen LogP contribution in [-0.4, -0.2) is 37.1 Å². The average molecular weight is 316 g/mol. The molecule has 1 aliphatic heterocycles. The number of nitrogens with one attached hydrogen (secondary N) is 1. The van der Waals surface area contributed by atoms with Crippen LogP contribution >= 0.6 is 11.3 Å². The fourth-order valence-electron chi connectivity index (χ4n) is 2.49. The Morgan fingerprint density at radius 1 is 1.32 bits per heavy atom. The summed E-state index contributed by atoms with van der Waals surface area (Å²) < 4.78 is 5.30. The van der Waals surface area contributed by atoms with Gasteiger partial charge < -0.3 is 15.0 Å². The Hall–Kier alpha value is -1.85. The minimum atomic E-state index is 0.0851. The quantitative estimate of drug-likeness (QED) is 0.942. The first-order chi connectivity index (χ1) is 10.7. The maximum Gasteiger partial charge on any atom is 0.254 e. The molecule has 116 valence electrons. The van der Waals surface area contributed by atoms with Crippen LogP contribution in [0.15, 0.2) is 35.0 Å². The number of anilines is 1. The van der Waals surface area contributed by atoms with Crippen LogP contribution in [0.25, 0.3) is 0 Å². The van der Waals surface area contributed by atoms with Crippen molar-refractivity contribution in [1.82, 2.24) is 4.90 Å². The van der Waals surface area contributed by atoms with Crippen molar-refractivity contribution in [2.75, 3.05) is 31.6 Å². The normalized spacial score (nSPS) is 14.9. The second-order valence-electron chi connectivity index (χ2n) is 5.42. The number of ether oxygens (including phenoxy) is 1. The van der Waals surface area contributed by atoms with Crippen molar-refractivity contribution in [3.05, 3.63) is 51.7 Å². The van der Waals surface area contributed by atoms with Crippen LogP contribution in [-0.2, 0) is 11.3 Å². The lowest BCUT2D eigenvalue weighted by Gasteiger charge is -2.27. The Labute approximate surface area is 134 Å².